The zero-order valence-corrected chi connectivity index (χ0v) is 12.2. The van der Waals surface area contributed by atoms with Crippen LogP contribution in [-0.2, 0) is 13.6 Å². The lowest BCUT2D eigenvalue weighted by molar-refractivity contribution is 0.0690. The van der Waals surface area contributed by atoms with Crippen LogP contribution in [-0.4, -0.2) is 26.8 Å². The molecule has 2 N–H and O–H groups in total. The fourth-order valence-electron chi connectivity index (χ4n) is 2.21. The number of carbonyl (C=O) groups is 2. The standard InChI is InChI=1S/C15H17N3O3/c1-9-4-5-10(2)13(15(20)21)12(9)14(19)16-8-11-6-7-17-18(11)3/h4-7H,8H2,1-3H3,(H,16,19)(H,20,21). The number of carboxylic acid groups (broad SMARTS) is 1. The molecule has 0 radical (unpaired) electrons. The lowest BCUT2D eigenvalue weighted by atomic mass is 9.96. The maximum atomic E-state index is 12.3. The van der Waals surface area contributed by atoms with Gasteiger partial charge in [0, 0.05) is 13.2 Å². The molecule has 0 aliphatic carbocycles. The van der Waals surface area contributed by atoms with Gasteiger partial charge >= 0.3 is 5.97 Å². The quantitative estimate of drug-likeness (QED) is 0.895. The predicted molar refractivity (Wildman–Crippen MR) is 77.3 cm³/mol. The minimum Gasteiger partial charge on any atom is -0.478 e. The van der Waals surface area contributed by atoms with Gasteiger partial charge in [-0.25, -0.2) is 4.79 Å². The molecule has 0 bridgehead atoms. The van der Waals surface area contributed by atoms with Crippen molar-refractivity contribution in [2.75, 3.05) is 0 Å². The van der Waals surface area contributed by atoms with Crippen LogP contribution >= 0.6 is 0 Å². The fourth-order valence-corrected chi connectivity index (χ4v) is 2.21. The maximum Gasteiger partial charge on any atom is 0.336 e. The van der Waals surface area contributed by atoms with Crippen molar-refractivity contribution < 1.29 is 14.7 Å². The minimum atomic E-state index is -1.10. The number of nitrogens with zero attached hydrogens (tertiary/aromatic N) is 2. The van der Waals surface area contributed by atoms with Gasteiger partial charge in [0.25, 0.3) is 5.91 Å². The molecule has 0 saturated heterocycles. The van der Waals surface area contributed by atoms with E-state index in [1.165, 1.54) is 0 Å². The van der Waals surface area contributed by atoms with E-state index in [2.05, 4.69) is 10.4 Å². The smallest absolute Gasteiger partial charge is 0.336 e. The molecule has 0 fully saturated rings. The van der Waals surface area contributed by atoms with Crippen molar-refractivity contribution in [2.45, 2.75) is 20.4 Å². The molecular weight excluding hydrogens is 270 g/mol. The third-order valence-corrected chi connectivity index (χ3v) is 3.42. The van der Waals surface area contributed by atoms with E-state index in [4.69, 9.17) is 0 Å². The Bertz CT molecular complexity index is 704. The number of rotatable bonds is 4. The number of carbonyl (C=O) groups excluding carboxylic acids is 1. The van der Waals surface area contributed by atoms with Gasteiger partial charge in [0.1, 0.15) is 0 Å². The molecule has 1 amide bonds. The van der Waals surface area contributed by atoms with Crippen molar-refractivity contribution >= 4 is 11.9 Å². The molecule has 0 aliphatic rings. The first-order valence-electron chi connectivity index (χ1n) is 6.50. The number of hydrogen-bond acceptors (Lipinski definition) is 3. The average molecular weight is 287 g/mol. The number of aryl methyl sites for hydroxylation is 3. The lowest BCUT2D eigenvalue weighted by Crippen LogP contribution is -2.27. The zero-order valence-electron chi connectivity index (χ0n) is 12.2. The van der Waals surface area contributed by atoms with Crippen LogP contribution in [0.2, 0.25) is 0 Å². The van der Waals surface area contributed by atoms with Gasteiger partial charge in [-0.3, -0.25) is 9.48 Å². The van der Waals surface area contributed by atoms with Crippen molar-refractivity contribution in [3.63, 3.8) is 0 Å². The number of nitrogens with one attached hydrogen (secondary N) is 1. The van der Waals surface area contributed by atoms with Gasteiger partial charge in [-0.2, -0.15) is 5.10 Å². The van der Waals surface area contributed by atoms with Crippen LogP contribution < -0.4 is 5.32 Å². The molecule has 1 aromatic heterocycles. The number of amides is 1. The van der Waals surface area contributed by atoms with Gasteiger partial charge in [0.05, 0.1) is 23.4 Å². The largest absolute Gasteiger partial charge is 0.478 e. The third kappa shape index (κ3) is 2.94. The van der Waals surface area contributed by atoms with Crippen molar-refractivity contribution in [3.05, 3.63) is 52.3 Å². The Hall–Kier alpha value is -2.63. The topological polar surface area (TPSA) is 84.2 Å². The van der Waals surface area contributed by atoms with Crippen molar-refractivity contribution in [2.24, 2.45) is 7.05 Å². The van der Waals surface area contributed by atoms with Crippen LogP contribution in [0.25, 0.3) is 0 Å². The van der Waals surface area contributed by atoms with Gasteiger partial charge in [-0.1, -0.05) is 12.1 Å². The zero-order chi connectivity index (χ0) is 15.6. The molecule has 2 aromatic rings. The van der Waals surface area contributed by atoms with Gasteiger partial charge in [0.2, 0.25) is 0 Å². The summed E-state index contributed by atoms with van der Waals surface area (Å²) in [6.07, 6.45) is 1.64. The first-order valence-corrected chi connectivity index (χ1v) is 6.50. The summed E-state index contributed by atoms with van der Waals surface area (Å²) in [6.45, 7) is 3.70. The molecule has 0 spiro atoms. The third-order valence-electron chi connectivity index (χ3n) is 3.42. The minimum absolute atomic E-state index is 0.0532. The summed E-state index contributed by atoms with van der Waals surface area (Å²) in [6, 6.07) is 5.25. The number of hydrogen-bond donors (Lipinski definition) is 2. The van der Waals surface area contributed by atoms with Crippen LogP contribution in [0.5, 0.6) is 0 Å². The summed E-state index contributed by atoms with van der Waals surface area (Å²) in [7, 11) is 1.78. The van der Waals surface area contributed by atoms with E-state index in [1.807, 2.05) is 0 Å². The van der Waals surface area contributed by atoms with Gasteiger partial charge < -0.3 is 10.4 Å². The average Bonchev–Trinajstić information content (AvgIpc) is 2.83. The van der Waals surface area contributed by atoms with Crippen LogP contribution in [0, 0.1) is 13.8 Å². The van der Waals surface area contributed by atoms with E-state index in [0.717, 1.165) is 5.69 Å². The summed E-state index contributed by atoms with van der Waals surface area (Å²) >= 11 is 0. The van der Waals surface area contributed by atoms with E-state index in [0.29, 0.717) is 17.7 Å². The summed E-state index contributed by atoms with van der Waals surface area (Å²) in [5.74, 6) is -1.49. The summed E-state index contributed by atoms with van der Waals surface area (Å²) in [4.78, 5) is 23.7. The Balaban J connectivity index is 2.29. The Labute approximate surface area is 122 Å². The second-order valence-electron chi connectivity index (χ2n) is 4.88. The van der Waals surface area contributed by atoms with E-state index in [9.17, 15) is 14.7 Å². The maximum absolute atomic E-state index is 12.3. The van der Waals surface area contributed by atoms with Crippen LogP contribution in [0.1, 0.15) is 37.5 Å². The Morgan fingerprint density at radius 2 is 1.81 bits per heavy atom. The first-order chi connectivity index (χ1) is 9.91. The normalized spacial score (nSPS) is 10.4. The van der Waals surface area contributed by atoms with E-state index < -0.39 is 11.9 Å². The number of carboxylic acids is 1. The highest BCUT2D eigenvalue weighted by atomic mass is 16.4. The molecular formula is C15H17N3O3. The number of aromatic carboxylic acids is 1. The van der Waals surface area contributed by atoms with Crippen LogP contribution in [0.4, 0.5) is 0 Å². The Kier molecular flexibility index (Phi) is 4.07. The lowest BCUT2D eigenvalue weighted by Gasteiger charge is -2.12. The molecule has 1 aromatic carbocycles. The van der Waals surface area contributed by atoms with Gasteiger partial charge in [-0.15, -0.1) is 0 Å². The molecule has 21 heavy (non-hydrogen) atoms. The molecule has 6 nitrogen and oxygen atoms in total. The SMILES string of the molecule is Cc1ccc(C)c(C(=O)NCc2ccnn2C)c1C(=O)O. The highest BCUT2D eigenvalue weighted by Crippen LogP contribution is 2.19. The van der Waals surface area contributed by atoms with E-state index in [1.54, 1.807) is 50.0 Å². The van der Waals surface area contributed by atoms with Gasteiger partial charge in [-0.05, 0) is 31.0 Å². The van der Waals surface area contributed by atoms with E-state index in [-0.39, 0.29) is 11.1 Å². The van der Waals surface area contributed by atoms with Gasteiger partial charge in [0.15, 0.2) is 0 Å². The molecule has 0 aliphatic heterocycles. The second-order valence-corrected chi connectivity index (χ2v) is 4.88. The monoisotopic (exact) mass is 287 g/mol. The molecule has 0 unspecified atom stereocenters. The number of benzene rings is 1. The second kappa shape index (κ2) is 5.78. The summed E-state index contributed by atoms with van der Waals surface area (Å²) < 4.78 is 1.65. The molecule has 110 valence electrons. The molecule has 0 saturated carbocycles. The predicted octanol–water partition coefficient (Wildman–Crippen LogP) is 1.67. The Morgan fingerprint density at radius 3 is 2.33 bits per heavy atom. The summed E-state index contributed by atoms with van der Waals surface area (Å²) in [5, 5.41) is 16.1. The molecule has 0 atom stereocenters. The van der Waals surface area contributed by atoms with Crippen LogP contribution in [0.3, 0.4) is 0 Å². The van der Waals surface area contributed by atoms with Crippen LogP contribution in [0.15, 0.2) is 24.4 Å². The first kappa shape index (κ1) is 14.8. The fraction of sp³-hybridized carbons (Fsp3) is 0.267. The molecule has 6 heteroatoms. The van der Waals surface area contributed by atoms with Crippen molar-refractivity contribution in [1.82, 2.24) is 15.1 Å². The highest BCUT2D eigenvalue weighted by molar-refractivity contribution is 6.06. The number of aromatic nitrogens is 2. The van der Waals surface area contributed by atoms with E-state index >= 15 is 0 Å². The van der Waals surface area contributed by atoms with Crippen molar-refractivity contribution in [3.8, 4) is 0 Å². The molecule has 2 rings (SSSR count). The summed E-state index contributed by atoms with van der Waals surface area (Å²) in [5.41, 5.74) is 2.31. The Morgan fingerprint density at radius 1 is 1.19 bits per heavy atom. The molecule has 1 heterocycles. The van der Waals surface area contributed by atoms with Crippen molar-refractivity contribution in [1.29, 1.82) is 0 Å². The highest BCUT2D eigenvalue weighted by Gasteiger charge is 2.21.